The Balaban J connectivity index is 2.13. The second kappa shape index (κ2) is 6.33. The van der Waals surface area contributed by atoms with E-state index in [1.165, 1.54) is 30.6 Å². The van der Waals surface area contributed by atoms with E-state index in [0.29, 0.717) is 22.2 Å². The predicted octanol–water partition coefficient (Wildman–Crippen LogP) is 3.01. The number of H-pyrrole nitrogens is 1. The SMILES string of the molecule is N#Cc1ncc(-c2cnc3[nH]cc(C=CC(N)=O)c3c2)cc1C(F)(F)F. The maximum atomic E-state index is 13.1. The number of carbonyl (C=O) groups excluding carboxylic acids is 1. The highest BCUT2D eigenvalue weighted by Gasteiger charge is 2.34. The first-order chi connectivity index (χ1) is 12.3. The summed E-state index contributed by atoms with van der Waals surface area (Å²) in [6, 6.07) is 3.91. The number of fused-ring (bicyclic) bond motifs is 1. The second-order valence-electron chi connectivity index (χ2n) is 5.33. The average Bonchev–Trinajstić information content (AvgIpc) is 3.00. The maximum absolute atomic E-state index is 13.1. The minimum absolute atomic E-state index is 0.164. The van der Waals surface area contributed by atoms with Gasteiger partial charge in [-0.25, -0.2) is 9.97 Å². The van der Waals surface area contributed by atoms with Gasteiger partial charge in [-0.3, -0.25) is 4.79 Å². The first kappa shape index (κ1) is 17.2. The molecule has 3 N–H and O–H groups in total. The van der Waals surface area contributed by atoms with E-state index in [2.05, 4.69) is 15.0 Å². The summed E-state index contributed by atoms with van der Waals surface area (Å²) in [5.41, 5.74) is 4.91. The van der Waals surface area contributed by atoms with Crippen LogP contribution in [0.3, 0.4) is 0 Å². The van der Waals surface area contributed by atoms with Crippen LogP contribution >= 0.6 is 0 Å². The Labute approximate surface area is 144 Å². The lowest BCUT2D eigenvalue weighted by Crippen LogP contribution is -2.09. The minimum atomic E-state index is -4.70. The zero-order valence-electron chi connectivity index (χ0n) is 13.0. The number of nitriles is 1. The number of nitrogens with two attached hydrogens (primary N) is 1. The zero-order valence-corrected chi connectivity index (χ0v) is 13.0. The number of nitrogens with zero attached hydrogens (tertiary/aromatic N) is 3. The van der Waals surface area contributed by atoms with E-state index >= 15 is 0 Å². The van der Waals surface area contributed by atoms with E-state index in [4.69, 9.17) is 11.0 Å². The molecule has 0 aliphatic heterocycles. The zero-order chi connectivity index (χ0) is 18.9. The third kappa shape index (κ3) is 3.25. The number of nitrogens with one attached hydrogen (secondary N) is 1. The molecule has 0 aliphatic carbocycles. The van der Waals surface area contributed by atoms with Gasteiger partial charge in [-0.2, -0.15) is 18.4 Å². The van der Waals surface area contributed by atoms with Gasteiger partial charge in [0, 0.05) is 46.7 Å². The normalized spacial score (nSPS) is 11.8. The van der Waals surface area contributed by atoms with Crippen LogP contribution in [-0.2, 0) is 11.0 Å². The van der Waals surface area contributed by atoms with Crippen LogP contribution in [0.15, 0.2) is 36.8 Å². The second-order valence-corrected chi connectivity index (χ2v) is 5.33. The van der Waals surface area contributed by atoms with Crippen molar-refractivity contribution in [1.82, 2.24) is 15.0 Å². The van der Waals surface area contributed by atoms with Crippen LogP contribution in [0, 0.1) is 11.3 Å². The fourth-order valence-corrected chi connectivity index (χ4v) is 2.42. The number of pyridine rings is 2. The van der Waals surface area contributed by atoms with Crippen LogP contribution < -0.4 is 5.73 Å². The maximum Gasteiger partial charge on any atom is 0.419 e. The van der Waals surface area contributed by atoms with Crippen molar-refractivity contribution in [2.75, 3.05) is 0 Å². The molecule has 26 heavy (non-hydrogen) atoms. The molecule has 0 fully saturated rings. The molecule has 0 aromatic carbocycles. The summed E-state index contributed by atoms with van der Waals surface area (Å²) in [6.07, 6.45) is 2.12. The summed E-state index contributed by atoms with van der Waals surface area (Å²) < 4.78 is 39.3. The lowest BCUT2D eigenvalue weighted by Gasteiger charge is -2.10. The van der Waals surface area contributed by atoms with Crippen molar-refractivity contribution in [2.45, 2.75) is 6.18 Å². The highest BCUT2D eigenvalue weighted by Crippen LogP contribution is 2.34. The fraction of sp³-hybridized carbons (Fsp3) is 0.0588. The molecule has 3 aromatic rings. The molecular weight excluding hydrogens is 347 g/mol. The molecule has 0 saturated carbocycles. The Morgan fingerprint density at radius 2 is 1.92 bits per heavy atom. The molecule has 0 radical (unpaired) electrons. The molecule has 0 unspecified atom stereocenters. The number of hydrogen-bond acceptors (Lipinski definition) is 4. The molecule has 0 spiro atoms. The first-order valence-electron chi connectivity index (χ1n) is 7.22. The Bertz CT molecular complexity index is 1080. The largest absolute Gasteiger partial charge is 0.419 e. The van der Waals surface area contributed by atoms with Gasteiger partial charge in [-0.05, 0) is 18.2 Å². The Morgan fingerprint density at radius 1 is 1.23 bits per heavy atom. The quantitative estimate of drug-likeness (QED) is 0.702. The summed E-state index contributed by atoms with van der Waals surface area (Å²) in [7, 11) is 0. The minimum Gasteiger partial charge on any atom is -0.366 e. The van der Waals surface area contributed by atoms with Crippen molar-refractivity contribution in [1.29, 1.82) is 5.26 Å². The number of amides is 1. The molecule has 3 aromatic heterocycles. The summed E-state index contributed by atoms with van der Waals surface area (Å²) in [5, 5.41) is 9.42. The first-order valence-corrected chi connectivity index (χ1v) is 7.22. The lowest BCUT2D eigenvalue weighted by molar-refractivity contribution is -0.138. The van der Waals surface area contributed by atoms with E-state index in [1.807, 2.05) is 0 Å². The lowest BCUT2D eigenvalue weighted by atomic mass is 10.0. The van der Waals surface area contributed by atoms with Crippen LogP contribution in [0.5, 0.6) is 0 Å². The third-order valence-corrected chi connectivity index (χ3v) is 3.62. The fourth-order valence-electron chi connectivity index (χ4n) is 2.42. The number of hydrogen-bond donors (Lipinski definition) is 2. The van der Waals surface area contributed by atoms with Gasteiger partial charge in [-0.1, -0.05) is 0 Å². The monoisotopic (exact) mass is 357 g/mol. The molecule has 1 amide bonds. The van der Waals surface area contributed by atoms with Crippen LogP contribution in [0.2, 0.25) is 0 Å². The molecule has 0 aliphatic rings. The van der Waals surface area contributed by atoms with Crippen molar-refractivity contribution in [3.05, 3.63) is 53.6 Å². The molecule has 6 nitrogen and oxygen atoms in total. The number of halogens is 3. The Morgan fingerprint density at radius 3 is 2.58 bits per heavy atom. The number of alkyl halides is 3. The van der Waals surface area contributed by atoms with Gasteiger partial charge in [0.15, 0.2) is 5.69 Å². The van der Waals surface area contributed by atoms with Crippen molar-refractivity contribution in [3.63, 3.8) is 0 Å². The third-order valence-electron chi connectivity index (χ3n) is 3.62. The summed E-state index contributed by atoms with van der Waals surface area (Å²) in [6.45, 7) is 0. The van der Waals surface area contributed by atoms with Crippen LogP contribution in [0.1, 0.15) is 16.8 Å². The number of carbonyl (C=O) groups is 1. The van der Waals surface area contributed by atoms with Crippen molar-refractivity contribution in [3.8, 4) is 17.2 Å². The molecule has 9 heteroatoms. The van der Waals surface area contributed by atoms with Gasteiger partial charge >= 0.3 is 6.18 Å². The number of rotatable bonds is 3. The standard InChI is InChI=1S/C17H10F3N5O/c18-17(19,20)13-4-11(7-23-14(13)5-21)10-3-12-9(1-2-15(22)26)6-24-16(12)25-8-10/h1-4,6-8H,(H2,22,26)(H,24,25). The molecule has 3 rings (SSSR count). The number of aromatic amines is 1. The molecule has 130 valence electrons. The van der Waals surface area contributed by atoms with Gasteiger partial charge in [0.1, 0.15) is 11.7 Å². The average molecular weight is 357 g/mol. The number of aromatic nitrogens is 3. The van der Waals surface area contributed by atoms with Gasteiger partial charge in [-0.15, -0.1) is 0 Å². The number of primary amides is 1. The summed E-state index contributed by atoms with van der Waals surface area (Å²) in [4.78, 5) is 21.5. The van der Waals surface area contributed by atoms with E-state index in [-0.39, 0.29) is 5.56 Å². The summed E-state index contributed by atoms with van der Waals surface area (Å²) in [5.74, 6) is -0.630. The highest BCUT2D eigenvalue weighted by molar-refractivity contribution is 5.95. The van der Waals surface area contributed by atoms with Gasteiger partial charge in [0.2, 0.25) is 5.91 Å². The summed E-state index contributed by atoms with van der Waals surface area (Å²) >= 11 is 0. The molecule has 0 saturated heterocycles. The van der Waals surface area contributed by atoms with Crippen molar-refractivity contribution < 1.29 is 18.0 Å². The topological polar surface area (TPSA) is 108 Å². The molecule has 0 bridgehead atoms. The van der Waals surface area contributed by atoms with Gasteiger partial charge < -0.3 is 10.7 Å². The van der Waals surface area contributed by atoms with E-state index in [1.54, 1.807) is 12.3 Å². The highest BCUT2D eigenvalue weighted by atomic mass is 19.4. The smallest absolute Gasteiger partial charge is 0.366 e. The van der Waals surface area contributed by atoms with Crippen molar-refractivity contribution in [2.24, 2.45) is 5.73 Å². The van der Waals surface area contributed by atoms with Crippen LogP contribution in [0.4, 0.5) is 13.2 Å². The predicted molar refractivity (Wildman–Crippen MR) is 87.3 cm³/mol. The van der Waals surface area contributed by atoms with E-state index in [9.17, 15) is 18.0 Å². The van der Waals surface area contributed by atoms with E-state index < -0.39 is 23.3 Å². The van der Waals surface area contributed by atoms with Gasteiger partial charge in [0.05, 0.1) is 5.56 Å². The Hall–Kier alpha value is -3.67. The molecular formula is C17H10F3N5O. The van der Waals surface area contributed by atoms with Crippen LogP contribution in [0.25, 0.3) is 28.2 Å². The Kier molecular flexibility index (Phi) is 4.18. The molecule has 0 atom stereocenters. The van der Waals surface area contributed by atoms with Crippen LogP contribution in [-0.4, -0.2) is 20.9 Å². The van der Waals surface area contributed by atoms with Crippen molar-refractivity contribution >= 4 is 23.0 Å². The van der Waals surface area contributed by atoms with Gasteiger partial charge in [0.25, 0.3) is 0 Å². The van der Waals surface area contributed by atoms with E-state index in [0.717, 1.165) is 6.07 Å². The molecule has 3 heterocycles.